The molecule has 31 heavy (non-hydrogen) atoms. The third kappa shape index (κ3) is 3.98. The molecule has 2 heterocycles. The molecule has 143 valence electrons. The van der Waals surface area contributed by atoms with Gasteiger partial charge in [-0.05, 0) is 0 Å². The van der Waals surface area contributed by atoms with Crippen LogP contribution in [0.2, 0.25) is 0 Å². The maximum atomic E-state index is 12.7. The Hall–Kier alpha value is 0.385. The van der Waals surface area contributed by atoms with Crippen LogP contribution in [0.25, 0.3) is 0 Å². The Labute approximate surface area is 254 Å². The Bertz CT molecular complexity index is 1220. The summed E-state index contributed by atoms with van der Waals surface area (Å²) in [7, 11) is 0. The normalized spacial score (nSPS) is 17.1. The molecule has 0 aromatic heterocycles. The SMILES string of the molecule is O.O=C1OC2(c3cc(Br)c([O-])cc3Oc3c2cc(Br)c([O-])[c]3[Hg])c2ccccc21.[Na+].[Na+]. The summed E-state index contributed by atoms with van der Waals surface area (Å²) in [6, 6.07) is 11.8. The summed E-state index contributed by atoms with van der Waals surface area (Å²) in [4.78, 5) is 12.7. The molecule has 0 saturated heterocycles. The van der Waals surface area contributed by atoms with Gasteiger partial charge in [-0.2, -0.15) is 0 Å². The van der Waals surface area contributed by atoms with Gasteiger partial charge in [0.05, 0.1) is 0 Å². The molecule has 0 amide bonds. The van der Waals surface area contributed by atoms with Crippen molar-refractivity contribution >= 4 is 40.9 Å². The molecule has 1 spiro atoms. The van der Waals surface area contributed by atoms with E-state index in [-0.39, 0.29) is 102 Å². The first-order valence-corrected chi connectivity index (χ1v) is 12.6. The van der Waals surface area contributed by atoms with Crippen LogP contribution >= 0.6 is 31.9 Å². The van der Waals surface area contributed by atoms with Crippen molar-refractivity contribution in [3.8, 4) is 23.0 Å². The summed E-state index contributed by atoms with van der Waals surface area (Å²) in [5.41, 5.74) is 0.959. The number of hydrogen-bond acceptors (Lipinski definition) is 5. The van der Waals surface area contributed by atoms with E-state index in [1.807, 2.05) is 12.1 Å². The first-order valence-electron chi connectivity index (χ1n) is 8.22. The Kier molecular flexibility index (Phi) is 8.86. The van der Waals surface area contributed by atoms with Gasteiger partial charge in [-0.15, -0.1) is 0 Å². The van der Waals surface area contributed by atoms with Gasteiger partial charge < -0.3 is 5.48 Å². The molecule has 1 unspecified atom stereocenters. The zero-order chi connectivity index (χ0) is 19.8. The third-order valence-corrected chi connectivity index (χ3v) is 8.76. The summed E-state index contributed by atoms with van der Waals surface area (Å²) in [5, 5.41) is 24.8. The Balaban J connectivity index is 0.00000114. The number of hydrogen-bond donors (Lipinski definition) is 0. The van der Waals surface area contributed by atoms with Crippen LogP contribution in [0.15, 0.2) is 51.4 Å². The van der Waals surface area contributed by atoms with E-state index in [0.717, 1.165) is 0 Å². The van der Waals surface area contributed by atoms with E-state index < -0.39 is 11.6 Å². The third-order valence-electron chi connectivity index (χ3n) is 5.06. The van der Waals surface area contributed by atoms with Gasteiger partial charge in [0.25, 0.3) is 0 Å². The fourth-order valence-corrected chi connectivity index (χ4v) is 7.39. The van der Waals surface area contributed by atoms with Crippen molar-refractivity contribution in [2.24, 2.45) is 0 Å². The number of rotatable bonds is 0. The van der Waals surface area contributed by atoms with Crippen molar-refractivity contribution in [3.05, 3.63) is 73.7 Å². The Morgan fingerprint density at radius 3 is 2.29 bits per heavy atom. The predicted octanol–water partition coefficient (Wildman–Crippen LogP) is -3.72. The van der Waals surface area contributed by atoms with Crippen LogP contribution in [-0.2, 0) is 36.5 Å². The predicted molar refractivity (Wildman–Crippen MR) is 102 cm³/mol. The van der Waals surface area contributed by atoms with Gasteiger partial charge in [-0.25, -0.2) is 0 Å². The number of fused-ring (bicyclic) bond motifs is 6. The first kappa shape index (κ1) is 27.6. The fraction of sp³-hybridized carbons (Fsp3) is 0.0500. The smallest absolute Gasteiger partial charge is 1.00 e. The number of carbonyl (C=O) groups is 1. The minimum atomic E-state index is -1.28. The molecular formula is C20H9Br2HgNa2O6. The molecule has 0 aliphatic carbocycles. The molecule has 1 atom stereocenters. The molecule has 0 saturated carbocycles. The molecule has 2 aliphatic rings. The van der Waals surface area contributed by atoms with E-state index in [1.54, 1.807) is 24.3 Å². The number of esters is 1. The van der Waals surface area contributed by atoms with Gasteiger partial charge in [0.2, 0.25) is 0 Å². The van der Waals surface area contributed by atoms with Crippen LogP contribution in [0.1, 0.15) is 27.0 Å². The molecule has 2 N–H and O–H groups in total. The van der Waals surface area contributed by atoms with Gasteiger partial charge in [0, 0.05) is 0 Å². The maximum Gasteiger partial charge on any atom is 1.00 e. The van der Waals surface area contributed by atoms with E-state index in [2.05, 4.69) is 31.9 Å². The molecule has 0 fully saturated rings. The van der Waals surface area contributed by atoms with Gasteiger partial charge in [-0.3, -0.25) is 0 Å². The average Bonchev–Trinajstić information content (AvgIpc) is 2.97. The minimum Gasteiger partial charge on any atom is 1.00 e. The first-order chi connectivity index (χ1) is 13.3. The Morgan fingerprint density at radius 1 is 0.935 bits per heavy atom. The number of carbonyl (C=O) groups excluding carboxylic acids is 1. The van der Waals surface area contributed by atoms with Crippen LogP contribution in [0.3, 0.4) is 0 Å². The molecule has 5 rings (SSSR count). The summed E-state index contributed by atoms with van der Waals surface area (Å²) in [6.07, 6.45) is 0. The zero-order valence-corrected chi connectivity index (χ0v) is 29.2. The standard InChI is InChI=1S/C20H9Br2O5.Hg.2Na.H2O/c21-13-5-11-17(7-15(13)23)26-18-8-16(24)14(22)6-12(18)20(11)10-4-2-1-3-9(10)19(25)27-20;;;;/h1-7,23-24H;;;;1H2/q;;2*+1;/p-2. The Morgan fingerprint density at radius 2 is 1.58 bits per heavy atom. The van der Waals surface area contributed by atoms with Crippen molar-refractivity contribution in [1.29, 1.82) is 0 Å². The minimum absolute atomic E-state index is 0. The molecule has 11 heteroatoms. The fourth-order valence-electron chi connectivity index (χ4n) is 3.81. The summed E-state index contributed by atoms with van der Waals surface area (Å²) in [5.74, 6) is -0.181. The van der Waals surface area contributed by atoms with E-state index in [0.29, 0.717) is 45.8 Å². The molecular weight excluding hydrogens is 743 g/mol. The topological polar surface area (TPSA) is 113 Å². The van der Waals surface area contributed by atoms with Crippen LogP contribution in [0.4, 0.5) is 0 Å². The van der Waals surface area contributed by atoms with Crippen LogP contribution in [-0.4, -0.2) is 11.4 Å². The molecule has 3 aromatic rings. The molecule has 0 bridgehead atoms. The second kappa shape index (κ2) is 9.94. The summed E-state index contributed by atoms with van der Waals surface area (Å²) in [6.45, 7) is 0. The quantitative estimate of drug-likeness (QED) is 0.174. The van der Waals surface area contributed by atoms with Crippen molar-refractivity contribution < 1.29 is 115 Å². The van der Waals surface area contributed by atoms with Crippen molar-refractivity contribution in [3.63, 3.8) is 0 Å². The second-order valence-corrected chi connectivity index (χ2v) is 11.0. The number of ether oxygens (including phenoxy) is 2. The van der Waals surface area contributed by atoms with Gasteiger partial charge in [-0.1, -0.05) is 0 Å². The van der Waals surface area contributed by atoms with Crippen molar-refractivity contribution in [2.45, 2.75) is 5.60 Å². The van der Waals surface area contributed by atoms with E-state index in [9.17, 15) is 15.0 Å². The van der Waals surface area contributed by atoms with E-state index in [1.165, 1.54) is 6.07 Å². The van der Waals surface area contributed by atoms with Crippen molar-refractivity contribution in [2.75, 3.05) is 0 Å². The average molecular weight is 752 g/mol. The largest absolute Gasteiger partial charge is 1.00 e. The molecule has 0 radical (unpaired) electrons. The van der Waals surface area contributed by atoms with Crippen LogP contribution < -0.4 is 77.1 Å². The monoisotopic (exact) mass is 751 g/mol. The second-order valence-electron chi connectivity index (χ2n) is 6.54. The number of halogens is 2. The van der Waals surface area contributed by atoms with Gasteiger partial charge in [0.15, 0.2) is 0 Å². The van der Waals surface area contributed by atoms with E-state index in [4.69, 9.17) is 9.47 Å². The maximum absolute atomic E-state index is 12.7. The molecule has 2 aliphatic heterocycles. The number of benzene rings is 3. The molecule has 3 aromatic carbocycles. The van der Waals surface area contributed by atoms with Crippen LogP contribution in [0.5, 0.6) is 23.0 Å². The molecule has 6 nitrogen and oxygen atoms in total. The van der Waals surface area contributed by atoms with Crippen molar-refractivity contribution in [1.82, 2.24) is 0 Å². The zero-order valence-electron chi connectivity index (χ0n) is 16.5. The summed E-state index contributed by atoms with van der Waals surface area (Å²) < 4.78 is 13.3. The summed E-state index contributed by atoms with van der Waals surface area (Å²) >= 11 is 6.56. The van der Waals surface area contributed by atoms with Crippen LogP contribution in [0, 0.1) is 0 Å². The van der Waals surface area contributed by atoms with Gasteiger partial charge in [0.1, 0.15) is 0 Å². The van der Waals surface area contributed by atoms with E-state index >= 15 is 0 Å². The van der Waals surface area contributed by atoms with Gasteiger partial charge >= 0.3 is 253 Å².